The Morgan fingerprint density at radius 3 is 2.74 bits per heavy atom. The van der Waals surface area contributed by atoms with Crippen LogP contribution in [0.2, 0.25) is 0 Å². The quantitative estimate of drug-likeness (QED) is 0.715. The van der Waals surface area contributed by atoms with Crippen LogP contribution in [0.15, 0.2) is 59.7 Å². The molecular formula is C21H21FN4O. The zero-order valence-corrected chi connectivity index (χ0v) is 15.2. The van der Waals surface area contributed by atoms with Crippen molar-refractivity contribution in [1.29, 1.82) is 0 Å². The first kappa shape index (κ1) is 17.4. The smallest absolute Gasteiger partial charge is 0.255 e. The number of anilines is 1. The van der Waals surface area contributed by atoms with E-state index in [2.05, 4.69) is 9.88 Å². The molecule has 138 valence electrons. The maximum absolute atomic E-state index is 13.6. The maximum atomic E-state index is 13.6. The van der Waals surface area contributed by atoms with Gasteiger partial charge in [-0.3, -0.25) is 14.3 Å². The van der Waals surface area contributed by atoms with Crippen LogP contribution in [0, 0.1) is 5.82 Å². The van der Waals surface area contributed by atoms with E-state index >= 15 is 0 Å². The van der Waals surface area contributed by atoms with E-state index in [0.29, 0.717) is 18.2 Å². The number of pyridine rings is 1. The number of benzene rings is 1. The third kappa shape index (κ3) is 3.60. The van der Waals surface area contributed by atoms with Crippen molar-refractivity contribution >= 4 is 5.95 Å². The molecule has 0 spiro atoms. The summed E-state index contributed by atoms with van der Waals surface area (Å²) in [6, 6.07) is 12.0. The van der Waals surface area contributed by atoms with Crippen molar-refractivity contribution in [2.75, 3.05) is 18.0 Å². The van der Waals surface area contributed by atoms with Gasteiger partial charge in [-0.05, 0) is 42.7 Å². The normalized spacial score (nSPS) is 17.1. The van der Waals surface area contributed by atoms with E-state index in [0.717, 1.165) is 30.5 Å². The van der Waals surface area contributed by atoms with Crippen molar-refractivity contribution in [2.24, 2.45) is 7.05 Å². The molecule has 5 nitrogen and oxygen atoms in total. The lowest BCUT2D eigenvalue weighted by molar-refractivity contribution is 0.494. The van der Waals surface area contributed by atoms with Gasteiger partial charge in [-0.15, -0.1) is 0 Å². The Morgan fingerprint density at radius 1 is 1.15 bits per heavy atom. The Morgan fingerprint density at radius 2 is 1.96 bits per heavy atom. The van der Waals surface area contributed by atoms with Gasteiger partial charge in [0.25, 0.3) is 5.56 Å². The average Bonchev–Trinajstić information content (AvgIpc) is 2.71. The van der Waals surface area contributed by atoms with Crippen LogP contribution in [0.4, 0.5) is 10.3 Å². The van der Waals surface area contributed by atoms with Crippen molar-refractivity contribution in [1.82, 2.24) is 14.5 Å². The van der Waals surface area contributed by atoms with Crippen LogP contribution >= 0.6 is 0 Å². The van der Waals surface area contributed by atoms with E-state index in [-0.39, 0.29) is 17.3 Å². The third-order valence-corrected chi connectivity index (χ3v) is 5.11. The standard InChI is InChI=1S/C21H21FN4O/c1-25-20(27)13-19(15-7-9-23-10-8-15)24-21(25)26-11-3-5-17(14-26)16-4-2-6-18(22)12-16/h2,4,6-10,12-13,17H,3,5,11,14H2,1H3. The van der Waals surface area contributed by atoms with Crippen molar-refractivity contribution in [3.8, 4) is 11.3 Å². The minimum absolute atomic E-state index is 0.0975. The molecule has 4 rings (SSSR count). The Hall–Kier alpha value is -3.02. The lowest BCUT2D eigenvalue weighted by atomic mass is 9.91. The highest BCUT2D eigenvalue weighted by Crippen LogP contribution is 2.29. The first-order valence-corrected chi connectivity index (χ1v) is 9.11. The molecule has 0 radical (unpaired) electrons. The molecule has 1 aromatic carbocycles. The monoisotopic (exact) mass is 364 g/mol. The van der Waals surface area contributed by atoms with E-state index < -0.39 is 0 Å². The summed E-state index contributed by atoms with van der Waals surface area (Å²) in [4.78, 5) is 23.4. The van der Waals surface area contributed by atoms with E-state index in [1.165, 1.54) is 6.07 Å². The van der Waals surface area contributed by atoms with Crippen molar-refractivity contribution < 1.29 is 4.39 Å². The van der Waals surface area contributed by atoms with Crippen molar-refractivity contribution in [3.63, 3.8) is 0 Å². The van der Waals surface area contributed by atoms with E-state index in [1.54, 1.807) is 42.2 Å². The fraction of sp³-hybridized carbons (Fsp3) is 0.286. The van der Waals surface area contributed by atoms with Crippen LogP contribution in [0.3, 0.4) is 0 Å². The van der Waals surface area contributed by atoms with Gasteiger partial charge in [0, 0.05) is 50.1 Å². The molecule has 0 bridgehead atoms. The number of nitrogens with zero attached hydrogens (tertiary/aromatic N) is 4. The third-order valence-electron chi connectivity index (χ3n) is 5.11. The summed E-state index contributed by atoms with van der Waals surface area (Å²) >= 11 is 0. The van der Waals surface area contributed by atoms with Gasteiger partial charge >= 0.3 is 0 Å². The molecule has 27 heavy (non-hydrogen) atoms. The van der Waals surface area contributed by atoms with E-state index in [1.807, 2.05) is 18.2 Å². The fourth-order valence-corrected chi connectivity index (χ4v) is 3.67. The lowest BCUT2D eigenvalue weighted by Crippen LogP contribution is -2.38. The zero-order valence-electron chi connectivity index (χ0n) is 15.2. The van der Waals surface area contributed by atoms with E-state index in [9.17, 15) is 9.18 Å². The molecule has 1 fully saturated rings. The van der Waals surface area contributed by atoms with Crippen LogP contribution in [-0.4, -0.2) is 27.6 Å². The summed E-state index contributed by atoms with van der Waals surface area (Å²) in [5.41, 5.74) is 2.40. The first-order valence-electron chi connectivity index (χ1n) is 9.11. The molecule has 1 aliphatic heterocycles. The van der Waals surface area contributed by atoms with Gasteiger partial charge < -0.3 is 4.90 Å². The summed E-state index contributed by atoms with van der Waals surface area (Å²) in [6.07, 6.45) is 5.35. The number of hydrogen-bond acceptors (Lipinski definition) is 4. The molecule has 0 N–H and O–H groups in total. The molecule has 2 aromatic heterocycles. The summed E-state index contributed by atoms with van der Waals surface area (Å²) in [5.74, 6) is 0.654. The highest BCUT2D eigenvalue weighted by Gasteiger charge is 2.24. The molecule has 3 aromatic rings. The SMILES string of the molecule is Cn1c(N2CCCC(c3cccc(F)c3)C2)nc(-c2ccncc2)cc1=O. The highest BCUT2D eigenvalue weighted by molar-refractivity contribution is 5.59. The summed E-state index contributed by atoms with van der Waals surface area (Å²) in [6.45, 7) is 1.54. The summed E-state index contributed by atoms with van der Waals surface area (Å²) in [5, 5.41) is 0. The van der Waals surface area contributed by atoms with Crippen LogP contribution < -0.4 is 10.5 Å². The van der Waals surface area contributed by atoms with Gasteiger partial charge in [0.1, 0.15) is 5.82 Å². The number of aromatic nitrogens is 3. The van der Waals surface area contributed by atoms with E-state index in [4.69, 9.17) is 4.98 Å². The lowest BCUT2D eigenvalue weighted by Gasteiger charge is -2.34. The molecule has 1 unspecified atom stereocenters. The van der Waals surface area contributed by atoms with Crippen LogP contribution in [0.1, 0.15) is 24.3 Å². The summed E-state index contributed by atoms with van der Waals surface area (Å²) < 4.78 is 15.2. The van der Waals surface area contributed by atoms with Gasteiger partial charge in [0.15, 0.2) is 0 Å². The van der Waals surface area contributed by atoms with Crippen LogP contribution in [-0.2, 0) is 7.05 Å². The number of piperidine rings is 1. The van der Waals surface area contributed by atoms with Gasteiger partial charge in [0.05, 0.1) is 5.69 Å². The number of hydrogen-bond donors (Lipinski definition) is 0. The highest BCUT2D eigenvalue weighted by atomic mass is 19.1. The zero-order chi connectivity index (χ0) is 18.8. The molecule has 0 saturated carbocycles. The van der Waals surface area contributed by atoms with Crippen LogP contribution in [0.5, 0.6) is 0 Å². The van der Waals surface area contributed by atoms with Gasteiger partial charge in [-0.1, -0.05) is 12.1 Å². The molecule has 0 amide bonds. The van der Waals surface area contributed by atoms with Crippen LogP contribution in [0.25, 0.3) is 11.3 Å². The predicted octanol–water partition coefficient (Wildman–Crippen LogP) is 3.37. The topological polar surface area (TPSA) is 51.0 Å². The molecule has 1 atom stereocenters. The van der Waals surface area contributed by atoms with Crippen molar-refractivity contribution in [2.45, 2.75) is 18.8 Å². The number of halogens is 1. The molecule has 1 aliphatic rings. The molecule has 0 aliphatic carbocycles. The average molecular weight is 364 g/mol. The minimum atomic E-state index is -0.213. The molecule has 6 heteroatoms. The minimum Gasteiger partial charge on any atom is -0.342 e. The second kappa shape index (κ2) is 7.31. The molecular weight excluding hydrogens is 343 g/mol. The largest absolute Gasteiger partial charge is 0.342 e. The molecule has 3 heterocycles. The first-order chi connectivity index (χ1) is 13.1. The predicted molar refractivity (Wildman–Crippen MR) is 103 cm³/mol. The Kier molecular flexibility index (Phi) is 4.71. The van der Waals surface area contributed by atoms with Gasteiger partial charge in [-0.25, -0.2) is 9.37 Å². The second-order valence-corrected chi connectivity index (χ2v) is 6.91. The fourth-order valence-electron chi connectivity index (χ4n) is 3.67. The Balaban J connectivity index is 1.68. The van der Waals surface area contributed by atoms with Gasteiger partial charge in [-0.2, -0.15) is 0 Å². The van der Waals surface area contributed by atoms with Gasteiger partial charge in [0.2, 0.25) is 5.95 Å². The summed E-state index contributed by atoms with van der Waals surface area (Å²) in [7, 11) is 1.74. The second-order valence-electron chi connectivity index (χ2n) is 6.91. The van der Waals surface area contributed by atoms with Crippen molar-refractivity contribution in [3.05, 3.63) is 76.6 Å². The maximum Gasteiger partial charge on any atom is 0.255 e. The Bertz CT molecular complexity index is 1000. The molecule has 1 saturated heterocycles. The Labute approximate surface area is 157 Å². The number of rotatable bonds is 3.